The molecule has 6 nitrogen and oxygen atoms in total. The second-order valence-electron chi connectivity index (χ2n) is 7.62. The van der Waals surface area contributed by atoms with Crippen molar-refractivity contribution in [2.24, 2.45) is 0 Å². The van der Waals surface area contributed by atoms with E-state index in [2.05, 4.69) is 45.7 Å². The lowest BCUT2D eigenvalue weighted by Gasteiger charge is -2.08. The Bertz CT molecular complexity index is 1200. The van der Waals surface area contributed by atoms with E-state index in [1.165, 1.54) is 10.3 Å². The number of fused-ring (bicyclic) bond motifs is 1. The summed E-state index contributed by atoms with van der Waals surface area (Å²) in [6.07, 6.45) is 1.13. The Morgan fingerprint density at radius 3 is 2.42 bits per heavy atom. The van der Waals surface area contributed by atoms with Gasteiger partial charge in [-0.15, -0.1) is 11.3 Å². The Morgan fingerprint density at radius 1 is 0.935 bits per heavy atom. The monoisotopic (exact) mass is 431 g/mol. The highest BCUT2D eigenvalue weighted by Crippen LogP contribution is 2.31. The van der Waals surface area contributed by atoms with Gasteiger partial charge in [-0.2, -0.15) is 0 Å². The van der Waals surface area contributed by atoms with Gasteiger partial charge in [0.2, 0.25) is 11.9 Å². The Hall–Kier alpha value is -3.32. The fraction of sp³-hybridized carbons (Fsp3) is 0.250. The molecule has 2 heterocycles. The Kier molecular flexibility index (Phi) is 6.23. The minimum Gasteiger partial charge on any atom is -0.354 e. The van der Waals surface area contributed by atoms with Crippen LogP contribution in [0.4, 0.5) is 11.6 Å². The number of carbonyl (C=O) groups excluding carboxylic acids is 1. The van der Waals surface area contributed by atoms with Gasteiger partial charge in [0, 0.05) is 35.6 Å². The molecule has 4 rings (SSSR count). The van der Waals surface area contributed by atoms with Gasteiger partial charge < -0.3 is 10.6 Å². The molecular weight excluding hydrogens is 406 g/mol. The van der Waals surface area contributed by atoms with Gasteiger partial charge in [0.1, 0.15) is 5.01 Å². The summed E-state index contributed by atoms with van der Waals surface area (Å²) in [6.45, 7) is 6.61. The van der Waals surface area contributed by atoms with E-state index in [1.807, 2.05) is 44.2 Å². The van der Waals surface area contributed by atoms with Crippen molar-refractivity contribution in [3.05, 3.63) is 65.5 Å². The molecule has 0 spiro atoms. The highest BCUT2D eigenvalue weighted by Gasteiger charge is 2.08. The van der Waals surface area contributed by atoms with Gasteiger partial charge in [-0.3, -0.25) is 4.79 Å². The second-order valence-corrected chi connectivity index (χ2v) is 8.65. The lowest BCUT2D eigenvalue weighted by molar-refractivity contribution is -0.116. The average molecular weight is 432 g/mol. The Morgan fingerprint density at radius 2 is 1.68 bits per heavy atom. The van der Waals surface area contributed by atoms with Gasteiger partial charge in [-0.05, 0) is 75.2 Å². The lowest BCUT2D eigenvalue weighted by atomic mass is 10.2. The Labute approximate surface area is 185 Å². The maximum atomic E-state index is 12.3. The van der Waals surface area contributed by atoms with E-state index >= 15 is 0 Å². The maximum absolute atomic E-state index is 12.3. The van der Waals surface area contributed by atoms with Crippen molar-refractivity contribution in [3.63, 3.8) is 0 Å². The summed E-state index contributed by atoms with van der Waals surface area (Å²) in [4.78, 5) is 25.7. The standard InChI is InChI=1S/C24H25N5OS/c1-15-6-11-20-21(13-15)31-23(29-20)18-7-9-19(10-8-18)28-22(30)5-4-12-25-24-26-16(2)14-17(3)27-24/h6-11,13-14H,4-5,12H2,1-3H3,(H,28,30)(H,25,26,27). The minimum atomic E-state index is -0.00801. The number of hydrogen-bond donors (Lipinski definition) is 2. The summed E-state index contributed by atoms with van der Waals surface area (Å²) >= 11 is 1.68. The van der Waals surface area contributed by atoms with Crippen LogP contribution in [0, 0.1) is 20.8 Å². The summed E-state index contributed by atoms with van der Waals surface area (Å²) in [5.41, 5.74) is 5.94. The molecule has 2 aromatic carbocycles. The van der Waals surface area contributed by atoms with Crippen LogP contribution in [-0.4, -0.2) is 27.4 Å². The first kappa shape index (κ1) is 20.9. The molecule has 7 heteroatoms. The quantitative estimate of drug-likeness (QED) is 0.377. The number of rotatable bonds is 7. The molecule has 0 aliphatic heterocycles. The number of benzene rings is 2. The summed E-state index contributed by atoms with van der Waals surface area (Å²) in [5, 5.41) is 7.12. The molecule has 0 bridgehead atoms. The fourth-order valence-corrected chi connectivity index (χ4v) is 4.40. The molecule has 4 aromatic rings. The molecule has 0 unspecified atom stereocenters. The van der Waals surface area contributed by atoms with Crippen molar-refractivity contribution in [3.8, 4) is 10.6 Å². The molecule has 0 atom stereocenters. The number of anilines is 2. The zero-order valence-electron chi connectivity index (χ0n) is 17.9. The smallest absolute Gasteiger partial charge is 0.224 e. The largest absolute Gasteiger partial charge is 0.354 e. The zero-order chi connectivity index (χ0) is 21.8. The van der Waals surface area contributed by atoms with Gasteiger partial charge in [0.05, 0.1) is 10.2 Å². The molecule has 1 amide bonds. The van der Waals surface area contributed by atoms with Crippen LogP contribution in [0.2, 0.25) is 0 Å². The highest BCUT2D eigenvalue weighted by molar-refractivity contribution is 7.21. The fourth-order valence-electron chi connectivity index (χ4n) is 3.33. The van der Waals surface area contributed by atoms with Crippen molar-refractivity contribution in [1.82, 2.24) is 15.0 Å². The van der Waals surface area contributed by atoms with Crippen molar-refractivity contribution in [1.29, 1.82) is 0 Å². The summed E-state index contributed by atoms with van der Waals surface area (Å²) in [5.74, 6) is 0.602. The van der Waals surface area contributed by atoms with E-state index < -0.39 is 0 Å². The van der Waals surface area contributed by atoms with E-state index in [9.17, 15) is 4.79 Å². The highest BCUT2D eigenvalue weighted by atomic mass is 32.1. The Balaban J connectivity index is 1.28. The molecule has 0 aliphatic carbocycles. The van der Waals surface area contributed by atoms with Gasteiger partial charge in [0.25, 0.3) is 0 Å². The predicted molar refractivity (Wildman–Crippen MR) is 128 cm³/mol. The van der Waals surface area contributed by atoms with Gasteiger partial charge in [0.15, 0.2) is 0 Å². The van der Waals surface area contributed by atoms with Crippen LogP contribution in [0.15, 0.2) is 48.5 Å². The van der Waals surface area contributed by atoms with Crippen molar-refractivity contribution in [2.45, 2.75) is 33.6 Å². The molecule has 31 heavy (non-hydrogen) atoms. The van der Waals surface area contributed by atoms with Crippen molar-refractivity contribution in [2.75, 3.05) is 17.2 Å². The maximum Gasteiger partial charge on any atom is 0.224 e. The topological polar surface area (TPSA) is 79.8 Å². The summed E-state index contributed by atoms with van der Waals surface area (Å²) in [7, 11) is 0. The minimum absolute atomic E-state index is 0.00801. The van der Waals surface area contributed by atoms with Crippen LogP contribution in [0.5, 0.6) is 0 Å². The van der Waals surface area contributed by atoms with Crippen LogP contribution in [0.3, 0.4) is 0 Å². The SMILES string of the molecule is Cc1ccc2nc(-c3ccc(NC(=O)CCCNc4nc(C)cc(C)n4)cc3)sc2c1. The number of aryl methyl sites for hydroxylation is 3. The zero-order valence-corrected chi connectivity index (χ0v) is 18.7. The number of amides is 1. The van der Waals surface area contributed by atoms with Crippen LogP contribution >= 0.6 is 11.3 Å². The van der Waals surface area contributed by atoms with E-state index in [4.69, 9.17) is 4.98 Å². The van der Waals surface area contributed by atoms with E-state index in [0.29, 0.717) is 25.3 Å². The normalized spacial score (nSPS) is 10.9. The third-order valence-corrected chi connectivity index (χ3v) is 5.87. The van der Waals surface area contributed by atoms with Crippen LogP contribution < -0.4 is 10.6 Å². The van der Waals surface area contributed by atoms with Crippen molar-refractivity contribution >= 4 is 39.1 Å². The average Bonchev–Trinajstić information content (AvgIpc) is 3.14. The second kappa shape index (κ2) is 9.22. The van der Waals surface area contributed by atoms with Gasteiger partial charge >= 0.3 is 0 Å². The number of carbonyl (C=O) groups is 1. The molecule has 0 fully saturated rings. The third-order valence-electron chi connectivity index (χ3n) is 4.81. The number of aromatic nitrogens is 3. The van der Waals surface area contributed by atoms with Gasteiger partial charge in [-0.1, -0.05) is 6.07 Å². The molecular formula is C24H25N5OS. The molecule has 0 saturated heterocycles. The summed E-state index contributed by atoms with van der Waals surface area (Å²) < 4.78 is 1.19. The van der Waals surface area contributed by atoms with Crippen LogP contribution in [0.1, 0.15) is 29.8 Å². The third kappa shape index (κ3) is 5.44. The molecule has 0 aliphatic rings. The summed E-state index contributed by atoms with van der Waals surface area (Å²) in [6, 6.07) is 16.1. The van der Waals surface area contributed by atoms with Gasteiger partial charge in [-0.25, -0.2) is 15.0 Å². The first-order valence-corrected chi connectivity index (χ1v) is 11.1. The van der Waals surface area contributed by atoms with E-state index in [-0.39, 0.29) is 5.91 Å². The van der Waals surface area contributed by atoms with Crippen molar-refractivity contribution < 1.29 is 4.79 Å². The molecule has 2 aromatic heterocycles. The van der Waals surface area contributed by atoms with E-state index in [1.54, 1.807) is 11.3 Å². The number of thiazole rings is 1. The van der Waals surface area contributed by atoms with Crippen LogP contribution in [-0.2, 0) is 4.79 Å². The first-order valence-electron chi connectivity index (χ1n) is 10.3. The predicted octanol–water partition coefficient (Wildman–Crippen LogP) is 5.51. The number of hydrogen-bond acceptors (Lipinski definition) is 6. The lowest BCUT2D eigenvalue weighted by Crippen LogP contribution is -2.14. The van der Waals surface area contributed by atoms with Crippen LogP contribution in [0.25, 0.3) is 20.8 Å². The molecule has 2 N–H and O–H groups in total. The molecule has 0 saturated carbocycles. The number of nitrogens with one attached hydrogen (secondary N) is 2. The first-order chi connectivity index (χ1) is 15.0. The van der Waals surface area contributed by atoms with E-state index in [0.717, 1.165) is 33.2 Å². The molecule has 158 valence electrons. The number of nitrogens with zero attached hydrogens (tertiary/aromatic N) is 3. The molecule has 0 radical (unpaired) electrons.